The number of hydrogen-bond donors (Lipinski definition) is 1. The second kappa shape index (κ2) is 7.54. The van der Waals surface area contributed by atoms with Crippen LogP contribution in [0, 0.1) is 12.3 Å². The van der Waals surface area contributed by atoms with Crippen LogP contribution in [0.15, 0.2) is 73.3 Å². The van der Waals surface area contributed by atoms with Crippen LogP contribution in [0.1, 0.15) is 17.5 Å². The molecule has 2 heterocycles. The summed E-state index contributed by atoms with van der Waals surface area (Å²) in [4.78, 5) is 4.16. The zero-order chi connectivity index (χ0) is 18.6. The third-order valence-electron chi connectivity index (χ3n) is 4.79. The van der Waals surface area contributed by atoms with Crippen LogP contribution in [0.4, 0.5) is 0 Å². The number of fused-ring (bicyclic) bond motifs is 1. The van der Waals surface area contributed by atoms with Crippen molar-refractivity contribution in [1.29, 1.82) is 5.41 Å². The van der Waals surface area contributed by atoms with E-state index in [-0.39, 0.29) is 0 Å². The summed E-state index contributed by atoms with van der Waals surface area (Å²) in [7, 11) is 0. The minimum atomic E-state index is 0.702. The number of benzene rings is 2. The predicted molar refractivity (Wildman–Crippen MR) is 110 cm³/mol. The smallest absolute Gasteiger partial charge is 0.0568 e. The molecule has 1 N–H and O–H groups in total. The van der Waals surface area contributed by atoms with Crippen LogP contribution in [0.25, 0.3) is 21.9 Å². The normalized spacial score (nSPS) is 11.0. The maximum Gasteiger partial charge on any atom is 0.0568 e. The van der Waals surface area contributed by atoms with E-state index in [1.807, 2.05) is 29.3 Å². The Morgan fingerprint density at radius 2 is 1.81 bits per heavy atom. The number of nitrogens with one attached hydrogen (secondary N) is 1. The molecule has 0 bridgehead atoms. The van der Waals surface area contributed by atoms with Crippen LogP contribution in [0.3, 0.4) is 0 Å². The van der Waals surface area contributed by atoms with Gasteiger partial charge < -0.3 is 5.41 Å². The van der Waals surface area contributed by atoms with Crippen LogP contribution < -0.4 is 0 Å². The number of nitrogens with zero attached hydrogens (tertiary/aromatic N) is 3. The van der Waals surface area contributed by atoms with Crippen LogP contribution in [0.2, 0.25) is 0 Å². The average molecular weight is 354 g/mol. The van der Waals surface area contributed by atoms with E-state index in [1.165, 1.54) is 16.5 Å². The lowest BCUT2D eigenvalue weighted by Gasteiger charge is -2.05. The summed E-state index contributed by atoms with van der Waals surface area (Å²) >= 11 is 0. The third-order valence-corrected chi connectivity index (χ3v) is 4.79. The number of aryl methyl sites for hydroxylation is 2. The molecule has 0 unspecified atom stereocenters. The molecule has 0 aliphatic heterocycles. The van der Waals surface area contributed by atoms with E-state index in [4.69, 9.17) is 5.41 Å². The van der Waals surface area contributed by atoms with E-state index >= 15 is 0 Å². The molecule has 0 aliphatic carbocycles. The van der Waals surface area contributed by atoms with Crippen LogP contribution in [-0.2, 0) is 13.0 Å². The SMILES string of the molecule is Cc1ccc(CC(=N)CCn2cc(-c3ccc4cnccc4c3)cn2)cc1. The van der Waals surface area contributed by atoms with Gasteiger partial charge in [0.25, 0.3) is 0 Å². The van der Waals surface area contributed by atoms with Crippen molar-refractivity contribution < 1.29 is 0 Å². The first-order valence-electron chi connectivity index (χ1n) is 9.16. The maximum absolute atomic E-state index is 8.24. The van der Waals surface area contributed by atoms with Gasteiger partial charge in [0.2, 0.25) is 0 Å². The number of aromatic nitrogens is 3. The highest BCUT2D eigenvalue weighted by molar-refractivity contribution is 5.86. The second-order valence-corrected chi connectivity index (χ2v) is 6.95. The largest absolute Gasteiger partial charge is 0.309 e. The molecule has 0 atom stereocenters. The standard InChI is InChI=1S/C23H22N4/c1-17-2-4-18(5-3-17)12-23(24)9-11-27-16-22(15-26-27)19-6-7-21-14-25-10-8-20(21)13-19/h2-8,10,13-16,24H,9,11-12H2,1H3. The summed E-state index contributed by atoms with van der Waals surface area (Å²) in [6, 6.07) is 16.8. The summed E-state index contributed by atoms with van der Waals surface area (Å²) < 4.78 is 1.93. The fourth-order valence-corrected chi connectivity index (χ4v) is 3.19. The van der Waals surface area contributed by atoms with E-state index in [1.54, 1.807) is 0 Å². The Hall–Kier alpha value is -3.27. The minimum Gasteiger partial charge on any atom is -0.309 e. The van der Waals surface area contributed by atoms with Crippen molar-refractivity contribution in [3.8, 4) is 11.1 Å². The Morgan fingerprint density at radius 1 is 0.963 bits per heavy atom. The summed E-state index contributed by atoms with van der Waals surface area (Å²) in [5.41, 5.74) is 5.42. The van der Waals surface area contributed by atoms with Gasteiger partial charge in [-0.25, -0.2) is 0 Å². The zero-order valence-electron chi connectivity index (χ0n) is 15.4. The van der Waals surface area contributed by atoms with Gasteiger partial charge >= 0.3 is 0 Å². The highest BCUT2D eigenvalue weighted by atomic mass is 15.3. The van der Waals surface area contributed by atoms with E-state index in [2.05, 4.69) is 65.7 Å². The molecule has 4 heteroatoms. The molecule has 27 heavy (non-hydrogen) atoms. The van der Waals surface area contributed by atoms with E-state index in [0.717, 1.165) is 28.8 Å². The molecule has 0 radical (unpaired) electrons. The van der Waals surface area contributed by atoms with Crippen molar-refractivity contribution in [3.05, 3.63) is 84.4 Å². The topological polar surface area (TPSA) is 54.6 Å². The van der Waals surface area contributed by atoms with Crippen molar-refractivity contribution >= 4 is 16.5 Å². The van der Waals surface area contributed by atoms with Crippen molar-refractivity contribution in [1.82, 2.24) is 14.8 Å². The fraction of sp³-hybridized carbons (Fsp3) is 0.174. The Labute approximate surface area is 159 Å². The highest BCUT2D eigenvalue weighted by Crippen LogP contribution is 2.23. The van der Waals surface area contributed by atoms with Crippen molar-refractivity contribution in [3.63, 3.8) is 0 Å². The third kappa shape index (κ3) is 4.11. The second-order valence-electron chi connectivity index (χ2n) is 6.95. The molecule has 0 saturated heterocycles. The van der Waals surface area contributed by atoms with E-state index in [9.17, 15) is 0 Å². The lowest BCUT2D eigenvalue weighted by molar-refractivity contribution is 0.631. The lowest BCUT2D eigenvalue weighted by atomic mass is 10.0. The maximum atomic E-state index is 8.24. The molecular weight excluding hydrogens is 332 g/mol. The van der Waals surface area contributed by atoms with Gasteiger partial charge in [-0.05, 0) is 35.6 Å². The molecule has 4 rings (SSSR count). The molecule has 0 saturated carbocycles. The first-order chi connectivity index (χ1) is 13.2. The Morgan fingerprint density at radius 3 is 2.67 bits per heavy atom. The fourth-order valence-electron chi connectivity index (χ4n) is 3.19. The Balaban J connectivity index is 1.40. The van der Waals surface area contributed by atoms with Crippen molar-refractivity contribution in [2.75, 3.05) is 0 Å². The number of hydrogen-bond acceptors (Lipinski definition) is 3. The molecule has 0 aliphatic rings. The monoisotopic (exact) mass is 354 g/mol. The average Bonchev–Trinajstić information content (AvgIpc) is 3.17. The minimum absolute atomic E-state index is 0.702. The molecule has 4 nitrogen and oxygen atoms in total. The van der Waals surface area contributed by atoms with E-state index < -0.39 is 0 Å². The molecule has 2 aromatic carbocycles. The zero-order valence-corrected chi connectivity index (χ0v) is 15.4. The van der Waals surface area contributed by atoms with Gasteiger partial charge in [-0.15, -0.1) is 0 Å². The van der Waals surface area contributed by atoms with Gasteiger partial charge in [0.1, 0.15) is 0 Å². The van der Waals surface area contributed by atoms with Crippen LogP contribution in [0.5, 0.6) is 0 Å². The lowest BCUT2D eigenvalue weighted by Crippen LogP contribution is -2.07. The summed E-state index contributed by atoms with van der Waals surface area (Å²) in [5.74, 6) is 0. The number of rotatable bonds is 6. The Bertz CT molecular complexity index is 1080. The summed E-state index contributed by atoms with van der Waals surface area (Å²) in [6.45, 7) is 2.80. The summed E-state index contributed by atoms with van der Waals surface area (Å²) in [6.07, 6.45) is 9.05. The van der Waals surface area contributed by atoms with Crippen LogP contribution in [-0.4, -0.2) is 20.5 Å². The molecule has 4 aromatic rings. The van der Waals surface area contributed by atoms with Crippen LogP contribution >= 0.6 is 0 Å². The van der Waals surface area contributed by atoms with Gasteiger partial charge in [0.05, 0.1) is 6.20 Å². The molecule has 0 fully saturated rings. The predicted octanol–water partition coefficient (Wildman–Crippen LogP) is 5.06. The van der Waals surface area contributed by atoms with Gasteiger partial charge in [-0.2, -0.15) is 5.10 Å². The molecule has 134 valence electrons. The molecular formula is C23H22N4. The summed E-state index contributed by atoms with van der Waals surface area (Å²) in [5, 5.41) is 15.0. The first-order valence-corrected chi connectivity index (χ1v) is 9.16. The Kier molecular flexibility index (Phi) is 4.79. The first kappa shape index (κ1) is 17.2. The molecule has 0 spiro atoms. The van der Waals surface area contributed by atoms with Gasteiger partial charge in [-0.3, -0.25) is 9.67 Å². The van der Waals surface area contributed by atoms with Gasteiger partial charge in [0, 0.05) is 54.6 Å². The van der Waals surface area contributed by atoms with Crippen molar-refractivity contribution in [2.24, 2.45) is 0 Å². The van der Waals surface area contributed by atoms with Gasteiger partial charge in [-0.1, -0.05) is 42.0 Å². The van der Waals surface area contributed by atoms with Crippen molar-refractivity contribution in [2.45, 2.75) is 26.3 Å². The molecule has 0 amide bonds. The molecule has 2 aromatic heterocycles. The van der Waals surface area contributed by atoms with E-state index in [0.29, 0.717) is 12.8 Å². The number of pyridine rings is 1. The van der Waals surface area contributed by atoms with Gasteiger partial charge in [0.15, 0.2) is 0 Å². The highest BCUT2D eigenvalue weighted by Gasteiger charge is 2.05. The quantitative estimate of drug-likeness (QED) is 0.492.